The maximum Gasteiger partial charge on any atom is 0.138 e. The number of carbonyl (C=O) groups excluding carboxylic acids is 1. The zero-order valence-corrected chi connectivity index (χ0v) is 5.21. The van der Waals surface area contributed by atoms with E-state index in [1.165, 1.54) is 0 Å². The van der Waals surface area contributed by atoms with Crippen LogP contribution in [-0.4, -0.2) is 17.0 Å². The molecule has 50 valence electrons. The van der Waals surface area contributed by atoms with E-state index in [4.69, 9.17) is 5.11 Å². The number of hydrogen-bond donors (Lipinski definition) is 1. The van der Waals surface area contributed by atoms with Crippen LogP contribution in [0.5, 0.6) is 0 Å². The molecule has 0 heterocycles. The first-order valence-electron chi connectivity index (χ1n) is 3.50. The highest BCUT2D eigenvalue weighted by molar-refractivity contribution is 5.85. The van der Waals surface area contributed by atoms with E-state index in [-0.39, 0.29) is 12.0 Å². The molecule has 0 aromatic carbocycles. The maximum absolute atomic E-state index is 10.9. The third-order valence-electron chi connectivity index (χ3n) is 2.65. The van der Waals surface area contributed by atoms with Crippen LogP contribution in [0.4, 0.5) is 0 Å². The first kappa shape index (κ1) is 5.42. The van der Waals surface area contributed by atoms with Crippen LogP contribution in [0.1, 0.15) is 19.3 Å². The smallest absolute Gasteiger partial charge is 0.138 e. The van der Waals surface area contributed by atoms with Crippen molar-refractivity contribution in [3.8, 4) is 0 Å². The van der Waals surface area contributed by atoms with Crippen LogP contribution in [-0.2, 0) is 4.79 Å². The molecule has 9 heavy (non-hydrogen) atoms. The fourth-order valence-corrected chi connectivity index (χ4v) is 1.89. The molecule has 3 atom stereocenters. The number of Topliss-reactive ketones (excluding diaryl/α,β-unsaturated/α-hetero) is 1. The normalized spacial score (nSPS) is 48.6. The van der Waals surface area contributed by atoms with Gasteiger partial charge in [-0.2, -0.15) is 0 Å². The minimum Gasteiger partial charge on any atom is -0.392 e. The van der Waals surface area contributed by atoms with E-state index in [1.807, 2.05) is 0 Å². The van der Waals surface area contributed by atoms with Gasteiger partial charge in [0, 0.05) is 12.3 Å². The highest BCUT2D eigenvalue weighted by Gasteiger charge is 2.47. The van der Waals surface area contributed by atoms with E-state index in [9.17, 15) is 4.79 Å². The summed E-state index contributed by atoms with van der Waals surface area (Å²) in [6, 6.07) is 0. The molecule has 0 radical (unpaired) electrons. The van der Waals surface area contributed by atoms with E-state index in [0.717, 1.165) is 12.8 Å². The fraction of sp³-hybridized carbons (Fsp3) is 0.857. The summed E-state index contributed by atoms with van der Waals surface area (Å²) in [6.07, 6.45) is 2.23. The van der Waals surface area contributed by atoms with Gasteiger partial charge in [-0.25, -0.2) is 0 Å². The summed E-state index contributed by atoms with van der Waals surface area (Å²) in [5, 5.41) is 9.17. The Morgan fingerprint density at radius 2 is 2.22 bits per heavy atom. The molecule has 0 saturated heterocycles. The Morgan fingerprint density at radius 3 is 2.44 bits per heavy atom. The molecular weight excluding hydrogens is 116 g/mol. The van der Waals surface area contributed by atoms with E-state index >= 15 is 0 Å². The average molecular weight is 126 g/mol. The van der Waals surface area contributed by atoms with E-state index in [2.05, 4.69) is 0 Å². The van der Waals surface area contributed by atoms with Gasteiger partial charge < -0.3 is 5.11 Å². The minimum atomic E-state index is -0.295. The largest absolute Gasteiger partial charge is 0.392 e. The zero-order valence-electron chi connectivity index (χ0n) is 5.21. The summed E-state index contributed by atoms with van der Waals surface area (Å²) < 4.78 is 0. The number of aliphatic hydroxyl groups is 1. The monoisotopic (exact) mass is 126 g/mol. The molecule has 2 fully saturated rings. The van der Waals surface area contributed by atoms with Crippen LogP contribution in [0, 0.1) is 11.8 Å². The predicted molar refractivity (Wildman–Crippen MR) is 31.8 cm³/mol. The molecule has 0 spiro atoms. The minimum absolute atomic E-state index is 0.250. The van der Waals surface area contributed by atoms with Crippen molar-refractivity contribution in [2.45, 2.75) is 25.4 Å². The lowest BCUT2D eigenvalue weighted by atomic mass is 9.75. The van der Waals surface area contributed by atoms with E-state index < -0.39 is 0 Å². The Balaban J connectivity index is 2.17. The maximum atomic E-state index is 10.9. The van der Waals surface area contributed by atoms with Crippen LogP contribution in [0.15, 0.2) is 0 Å². The Hall–Kier alpha value is -0.370. The summed E-state index contributed by atoms with van der Waals surface area (Å²) in [5.74, 6) is 0.885. The number of hydrogen-bond acceptors (Lipinski definition) is 2. The fourth-order valence-electron chi connectivity index (χ4n) is 1.89. The van der Waals surface area contributed by atoms with Crippen LogP contribution in [0.2, 0.25) is 0 Å². The Labute approximate surface area is 53.9 Å². The first-order valence-corrected chi connectivity index (χ1v) is 3.50. The summed E-state index contributed by atoms with van der Waals surface area (Å²) in [6.45, 7) is 0. The molecule has 2 aliphatic carbocycles. The summed E-state index contributed by atoms with van der Waals surface area (Å²) in [7, 11) is 0. The molecule has 0 bridgehead atoms. The van der Waals surface area contributed by atoms with Crippen molar-refractivity contribution in [2.24, 2.45) is 11.8 Å². The van der Waals surface area contributed by atoms with Gasteiger partial charge in [-0.05, 0) is 18.8 Å². The SMILES string of the molecule is O=C1CC(O)C2CCC12. The van der Waals surface area contributed by atoms with Crippen molar-refractivity contribution >= 4 is 5.78 Å². The second kappa shape index (κ2) is 1.57. The molecule has 0 aromatic heterocycles. The average Bonchev–Trinajstić information content (AvgIpc) is 1.73. The standard InChI is InChI=1S/C7H10O2/c8-6-3-7(9)5-2-1-4(5)6/h4-6,8H,1-3H2. The van der Waals surface area contributed by atoms with Gasteiger partial charge in [0.25, 0.3) is 0 Å². The summed E-state index contributed by atoms with van der Waals surface area (Å²) in [5.41, 5.74) is 0. The molecule has 2 saturated carbocycles. The lowest BCUT2D eigenvalue weighted by Gasteiger charge is -2.30. The number of carbonyl (C=O) groups is 1. The quantitative estimate of drug-likeness (QED) is 0.508. The molecule has 0 aliphatic heterocycles. The molecule has 2 heteroatoms. The van der Waals surface area contributed by atoms with E-state index in [1.54, 1.807) is 0 Å². The number of fused-ring (bicyclic) bond motifs is 1. The van der Waals surface area contributed by atoms with Gasteiger partial charge in [-0.15, -0.1) is 0 Å². The van der Waals surface area contributed by atoms with Crippen molar-refractivity contribution in [1.82, 2.24) is 0 Å². The van der Waals surface area contributed by atoms with Gasteiger partial charge in [0.05, 0.1) is 6.10 Å². The van der Waals surface area contributed by atoms with Crippen LogP contribution < -0.4 is 0 Å². The Kier molecular flexibility index (Phi) is 0.943. The predicted octanol–water partition coefficient (Wildman–Crippen LogP) is 0.346. The van der Waals surface area contributed by atoms with Gasteiger partial charge in [0.2, 0.25) is 0 Å². The summed E-state index contributed by atoms with van der Waals surface area (Å²) in [4.78, 5) is 10.9. The van der Waals surface area contributed by atoms with Crippen molar-refractivity contribution in [3.05, 3.63) is 0 Å². The second-order valence-corrected chi connectivity index (χ2v) is 3.09. The zero-order chi connectivity index (χ0) is 6.43. The van der Waals surface area contributed by atoms with Crippen molar-refractivity contribution in [1.29, 1.82) is 0 Å². The highest BCUT2D eigenvalue weighted by atomic mass is 16.3. The van der Waals surface area contributed by atoms with Gasteiger partial charge >= 0.3 is 0 Å². The second-order valence-electron chi connectivity index (χ2n) is 3.09. The van der Waals surface area contributed by atoms with Gasteiger partial charge in [0.15, 0.2) is 0 Å². The van der Waals surface area contributed by atoms with Gasteiger partial charge in [-0.3, -0.25) is 4.79 Å². The topological polar surface area (TPSA) is 37.3 Å². The number of ketones is 1. The highest BCUT2D eigenvalue weighted by Crippen LogP contribution is 2.44. The third-order valence-corrected chi connectivity index (χ3v) is 2.65. The third kappa shape index (κ3) is 0.568. The van der Waals surface area contributed by atoms with Gasteiger partial charge in [-0.1, -0.05) is 0 Å². The molecule has 2 aliphatic rings. The van der Waals surface area contributed by atoms with Crippen LogP contribution in [0.25, 0.3) is 0 Å². The molecule has 2 nitrogen and oxygen atoms in total. The molecule has 0 amide bonds. The van der Waals surface area contributed by atoms with Crippen LogP contribution in [0.3, 0.4) is 0 Å². The van der Waals surface area contributed by atoms with Crippen molar-refractivity contribution in [2.75, 3.05) is 0 Å². The molecule has 1 N–H and O–H groups in total. The number of rotatable bonds is 0. The lowest BCUT2D eigenvalue weighted by molar-refractivity contribution is -0.123. The molecule has 3 unspecified atom stereocenters. The Bertz CT molecular complexity index is 153. The molecule has 0 aromatic rings. The van der Waals surface area contributed by atoms with Gasteiger partial charge in [0.1, 0.15) is 5.78 Å². The van der Waals surface area contributed by atoms with E-state index in [0.29, 0.717) is 18.1 Å². The van der Waals surface area contributed by atoms with Crippen LogP contribution >= 0.6 is 0 Å². The van der Waals surface area contributed by atoms with Crippen molar-refractivity contribution < 1.29 is 9.90 Å². The molecular formula is C7H10O2. The number of aliphatic hydroxyl groups excluding tert-OH is 1. The summed E-state index contributed by atoms with van der Waals surface area (Å²) >= 11 is 0. The Morgan fingerprint density at radius 1 is 1.44 bits per heavy atom. The van der Waals surface area contributed by atoms with Crippen molar-refractivity contribution in [3.63, 3.8) is 0 Å². The molecule has 2 rings (SSSR count). The first-order chi connectivity index (χ1) is 4.29. The lowest BCUT2D eigenvalue weighted by Crippen LogP contribution is -2.29.